The highest BCUT2D eigenvalue weighted by Crippen LogP contribution is 2.43. The van der Waals surface area contributed by atoms with Gasteiger partial charge in [0, 0.05) is 29.3 Å². The molecule has 2 saturated heterocycles. The summed E-state index contributed by atoms with van der Waals surface area (Å²) < 4.78 is 11.2. The number of para-hydroxylation sites is 1. The van der Waals surface area contributed by atoms with Gasteiger partial charge in [0.2, 0.25) is 0 Å². The zero-order chi connectivity index (χ0) is 21.3. The number of benzene rings is 2. The number of amides is 1. The summed E-state index contributed by atoms with van der Waals surface area (Å²) in [5.41, 5.74) is 1.08. The third-order valence-electron chi connectivity index (χ3n) is 5.52. The van der Waals surface area contributed by atoms with Gasteiger partial charge in [-0.25, -0.2) is 0 Å². The van der Waals surface area contributed by atoms with Gasteiger partial charge in [0.25, 0.3) is 11.7 Å². The summed E-state index contributed by atoms with van der Waals surface area (Å²) in [5, 5.41) is 11.5. The van der Waals surface area contributed by atoms with E-state index in [1.807, 2.05) is 12.1 Å². The summed E-state index contributed by atoms with van der Waals surface area (Å²) in [7, 11) is 1.53. The number of hydrogen-bond acceptors (Lipinski definition) is 5. The molecule has 1 N–H and O–H groups in total. The fourth-order valence-electron chi connectivity index (χ4n) is 4.05. The molecular weight excluding hydrogens is 406 g/mol. The van der Waals surface area contributed by atoms with Crippen LogP contribution in [0.3, 0.4) is 0 Å². The number of ketones is 1. The smallest absolute Gasteiger partial charge is 0.295 e. The summed E-state index contributed by atoms with van der Waals surface area (Å²) in [6.45, 7) is 0.906. The molecule has 2 fully saturated rings. The number of aliphatic hydroxyl groups excluding tert-OH is 1. The van der Waals surface area contributed by atoms with Crippen molar-refractivity contribution < 1.29 is 24.2 Å². The second kappa shape index (κ2) is 8.50. The van der Waals surface area contributed by atoms with Gasteiger partial charge >= 0.3 is 0 Å². The van der Waals surface area contributed by atoms with Crippen molar-refractivity contribution in [1.82, 2.24) is 4.90 Å². The predicted octanol–water partition coefficient (Wildman–Crippen LogP) is 3.95. The maximum atomic E-state index is 13.0. The molecule has 7 heteroatoms. The number of aliphatic hydroxyl groups is 1. The van der Waals surface area contributed by atoms with E-state index in [4.69, 9.17) is 21.1 Å². The molecular formula is C23H22ClNO5. The topological polar surface area (TPSA) is 76.1 Å². The van der Waals surface area contributed by atoms with Crippen LogP contribution in [0.25, 0.3) is 5.76 Å². The molecule has 2 aliphatic rings. The van der Waals surface area contributed by atoms with Gasteiger partial charge in [-0.15, -0.1) is 0 Å². The number of rotatable bonds is 5. The second-order valence-corrected chi connectivity index (χ2v) is 7.77. The van der Waals surface area contributed by atoms with E-state index in [9.17, 15) is 14.7 Å². The summed E-state index contributed by atoms with van der Waals surface area (Å²) >= 11 is 5.95. The Morgan fingerprint density at radius 3 is 2.60 bits per heavy atom. The molecule has 2 aromatic rings. The first-order valence-electron chi connectivity index (χ1n) is 9.80. The van der Waals surface area contributed by atoms with Crippen LogP contribution in [-0.2, 0) is 14.3 Å². The van der Waals surface area contributed by atoms with Gasteiger partial charge in [-0.2, -0.15) is 0 Å². The van der Waals surface area contributed by atoms with Crippen molar-refractivity contribution in [3.05, 3.63) is 70.3 Å². The highest BCUT2D eigenvalue weighted by molar-refractivity contribution is 6.46. The van der Waals surface area contributed by atoms with Gasteiger partial charge in [0.05, 0.1) is 24.8 Å². The summed E-state index contributed by atoms with van der Waals surface area (Å²) in [5.74, 6) is -1.09. The van der Waals surface area contributed by atoms with Gasteiger partial charge in [0.15, 0.2) is 0 Å². The molecule has 2 heterocycles. The number of methoxy groups -OCH3 is 1. The number of halogens is 1. The first-order valence-corrected chi connectivity index (χ1v) is 10.2. The van der Waals surface area contributed by atoms with Crippen molar-refractivity contribution >= 4 is 29.1 Å². The molecule has 2 aromatic carbocycles. The minimum Gasteiger partial charge on any atom is -0.507 e. The Bertz CT molecular complexity index is 995. The average molecular weight is 428 g/mol. The molecule has 0 saturated carbocycles. The number of carbonyl (C=O) groups excluding carboxylic acids is 2. The molecule has 30 heavy (non-hydrogen) atoms. The largest absolute Gasteiger partial charge is 0.507 e. The van der Waals surface area contributed by atoms with Gasteiger partial charge in [-0.3, -0.25) is 9.59 Å². The van der Waals surface area contributed by atoms with E-state index in [1.54, 1.807) is 36.4 Å². The normalized spacial score (nSPS) is 23.2. The molecule has 0 bridgehead atoms. The highest BCUT2D eigenvalue weighted by atomic mass is 35.5. The minimum absolute atomic E-state index is 0.0322. The van der Waals surface area contributed by atoms with Gasteiger partial charge < -0.3 is 19.5 Å². The third-order valence-corrected chi connectivity index (χ3v) is 5.77. The fraction of sp³-hybridized carbons (Fsp3) is 0.304. The Labute approximate surface area is 179 Å². The van der Waals surface area contributed by atoms with Crippen LogP contribution in [0.15, 0.2) is 54.1 Å². The summed E-state index contributed by atoms with van der Waals surface area (Å²) in [4.78, 5) is 27.5. The van der Waals surface area contributed by atoms with E-state index in [0.717, 1.165) is 12.8 Å². The van der Waals surface area contributed by atoms with Gasteiger partial charge in [-0.05, 0) is 43.2 Å². The van der Waals surface area contributed by atoms with Crippen molar-refractivity contribution in [3.8, 4) is 5.75 Å². The monoisotopic (exact) mass is 427 g/mol. The Kier molecular flexibility index (Phi) is 5.79. The number of nitrogens with zero attached hydrogens (tertiary/aromatic N) is 1. The van der Waals surface area contributed by atoms with Crippen LogP contribution in [0.2, 0.25) is 5.02 Å². The maximum Gasteiger partial charge on any atom is 0.295 e. The van der Waals surface area contributed by atoms with Crippen LogP contribution in [0.1, 0.15) is 30.0 Å². The first kappa shape index (κ1) is 20.4. The van der Waals surface area contributed by atoms with Crippen molar-refractivity contribution in [1.29, 1.82) is 0 Å². The van der Waals surface area contributed by atoms with E-state index < -0.39 is 17.7 Å². The molecule has 156 valence electrons. The third kappa shape index (κ3) is 3.68. The molecule has 0 spiro atoms. The van der Waals surface area contributed by atoms with E-state index >= 15 is 0 Å². The van der Waals surface area contributed by atoms with Crippen LogP contribution in [0.4, 0.5) is 0 Å². The number of ether oxygens (including phenoxy) is 2. The van der Waals surface area contributed by atoms with Crippen molar-refractivity contribution in [3.63, 3.8) is 0 Å². The molecule has 6 nitrogen and oxygen atoms in total. The Hall–Kier alpha value is -2.83. The average Bonchev–Trinajstić information content (AvgIpc) is 3.36. The van der Waals surface area contributed by atoms with Crippen molar-refractivity contribution in [2.24, 2.45) is 0 Å². The molecule has 2 aliphatic heterocycles. The predicted molar refractivity (Wildman–Crippen MR) is 112 cm³/mol. The van der Waals surface area contributed by atoms with Gasteiger partial charge in [0.1, 0.15) is 11.5 Å². The molecule has 0 aliphatic carbocycles. The maximum absolute atomic E-state index is 13.0. The molecule has 2 unspecified atom stereocenters. The standard InChI is InChI=1S/C23H22ClNO5/c1-29-18-7-3-2-6-17(18)20-19(21(26)14-8-10-15(24)11-9-14)22(27)23(28)25(20)13-16-5-4-12-30-16/h2-3,6-11,16,20,26H,4-5,12-13H2,1H3/b21-19-. The molecule has 4 rings (SSSR count). The van der Waals surface area contributed by atoms with E-state index in [0.29, 0.717) is 28.5 Å². The van der Waals surface area contributed by atoms with Crippen LogP contribution in [0, 0.1) is 0 Å². The number of hydrogen-bond donors (Lipinski definition) is 1. The number of likely N-dealkylation sites (tertiary alicyclic amines) is 1. The highest BCUT2D eigenvalue weighted by Gasteiger charge is 2.47. The number of Topliss-reactive ketones (excluding diaryl/α,β-unsaturated/α-hetero) is 1. The molecule has 2 atom stereocenters. The lowest BCUT2D eigenvalue weighted by molar-refractivity contribution is -0.140. The quantitative estimate of drug-likeness (QED) is 0.444. The zero-order valence-electron chi connectivity index (χ0n) is 16.5. The van der Waals surface area contributed by atoms with Crippen LogP contribution >= 0.6 is 11.6 Å². The Balaban J connectivity index is 1.86. The van der Waals surface area contributed by atoms with Crippen LogP contribution in [-0.4, -0.2) is 48.1 Å². The van der Waals surface area contributed by atoms with Crippen LogP contribution in [0.5, 0.6) is 5.75 Å². The minimum atomic E-state index is -0.777. The van der Waals surface area contributed by atoms with Crippen molar-refractivity contribution in [2.75, 3.05) is 20.3 Å². The molecule has 1 amide bonds. The Morgan fingerprint density at radius 2 is 1.93 bits per heavy atom. The van der Waals surface area contributed by atoms with Crippen LogP contribution < -0.4 is 4.74 Å². The van der Waals surface area contributed by atoms with E-state index in [-0.39, 0.29) is 24.0 Å². The summed E-state index contributed by atoms with van der Waals surface area (Å²) in [6.07, 6.45) is 1.59. The fourth-order valence-corrected chi connectivity index (χ4v) is 4.18. The lowest BCUT2D eigenvalue weighted by Gasteiger charge is -2.28. The second-order valence-electron chi connectivity index (χ2n) is 7.34. The zero-order valence-corrected chi connectivity index (χ0v) is 17.3. The molecule has 0 aromatic heterocycles. The van der Waals surface area contributed by atoms with E-state index in [2.05, 4.69) is 0 Å². The molecule has 0 radical (unpaired) electrons. The number of carbonyl (C=O) groups is 2. The summed E-state index contributed by atoms with van der Waals surface area (Å²) in [6, 6.07) is 12.9. The lowest BCUT2D eigenvalue weighted by atomic mass is 9.94. The SMILES string of the molecule is COc1ccccc1C1/C(=C(/O)c2ccc(Cl)cc2)C(=O)C(=O)N1CC1CCCO1. The first-order chi connectivity index (χ1) is 14.5. The Morgan fingerprint density at radius 1 is 1.20 bits per heavy atom. The van der Waals surface area contributed by atoms with E-state index in [1.165, 1.54) is 12.0 Å². The van der Waals surface area contributed by atoms with Crippen molar-refractivity contribution in [2.45, 2.75) is 25.0 Å². The lowest BCUT2D eigenvalue weighted by Crippen LogP contribution is -2.36. The van der Waals surface area contributed by atoms with Gasteiger partial charge in [-0.1, -0.05) is 29.8 Å².